The predicted octanol–water partition coefficient (Wildman–Crippen LogP) is 0.604. The lowest BCUT2D eigenvalue weighted by atomic mass is 9.84. The molecule has 4 heterocycles. The largest absolute Gasteiger partial charge is 0.477 e. The summed E-state index contributed by atoms with van der Waals surface area (Å²) in [6, 6.07) is 3.04. The Labute approximate surface area is 116 Å². The molecule has 2 N–H and O–H groups in total. The number of hydrogen-bond acceptors (Lipinski definition) is 4. The molecule has 4 rings (SSSR count). The van der Waals surface area contributed by atoms with E-state index >= 15 is 0 Å². The van der Waals surface area contributed by atoms with Gasteiger partial charge in [0.1, 0.15) is 5.69 Å². The summed E-state index contributed by atoms with van der Waals surface area (Å²) >= 11 is 0. The summed E-state index contributed by atoms with van der Waals surface area (Å²) in [6.45, 7) is 3.14. The van der Waals surface area contributed by atoms with Crippen molar-refractivity contribution in [3.05, 3.63) is 29.6 Å². The molecule has 3 fully saturated rings. The first kappa shape index (κ1) is 13.1. The number of aromatic carboxylic acids is 1. The van der Waals surface area contributed by atoms with Gasteiger partial charge in [-0.3, -0.25) is 4.79 Å². The number of carboxylic acid groups (broad SMARTS) is 1. The van der Waals surface area contributed by atoms with Crippen LogP contribution in [0.15, 0.2) is 18.3 Å². The summed E-state index contributed by atoms with van der Waals surface area (Å²) < 4.78 is 0. The summed E-state index contributed by atoms with van der Waals surface area (Å²) in [4.78, 5) is 29.2. The van der Waals surface area contributed by atoms with E-state index in [9.17, 15) is 9.59 Å². The molecule has 1 aromatic rings. The fourth-order valence-electron chi connectivity index (χ4n) is 3.07. The number of fused-ring (bicyclic) bond motifs is 3. The highest BCUT2D eigenvalue weighted by Gasteiger charge is 2.34. The van der Waals surface area contributed by atoms with Crippen molar-refractivity contribution >= 4 is 11.9 Å². The van der Waals surface area contributed by atoms with Crippen LogP contribution in [0.2, 0.25) is 0 Å². The zero-order valence-corrected chi connectivity index (χ0v) is 11.1. The second-order valence-corrected chi connectivity index (χ2v) is 5.45. The number of carbonyl (C=O) groups is 2. The molecule has 1 unspecified atom stereocenters. The van der Waals surface area contributed by atoms with Crippen molar-refractivity contribution < 1.29 is 14.7 Å². The van der Waals surface area contributed by atoms with Gasteiger partial charge in [0.15, 0.2) is 0 Å². The summed E-state index contributed by atoms with van der Waals surface area (Å²) in [7, 11) is 0. The zero-order chi connectivity index (χ0) is 14.1. The number of hydrogen-bond donors (Lipinski definition) is 2. The topological polar surface area (TPSA) is 82.5 Å². The van der Waals surface area contributed by atoms with Crippen LogP contribution in [0, 0.1) is 5.92 Å². The van der Waals surface area contributed by atoms with Crippen molar-refractivity contribution in [2.45, 2.75) is 18.9 Å². The van der Waals surface area contributed by atoms with E-state index in [1.165, 1.54) is 12.3 Å². The smallest absolute Gasteiger partial charge is 0.354 e. The molecule has 1 amide bonds. The summed E-state index contributed by atoms with van der Waals surface area (Å²) in [6.07, 6.45) is 3.61. The Kier molecular flexibility index (Phi) is 3.40. The molecule has 20 heavy (non-hydrogen) atoms. The van der Waals surface area contributed by atoms with Crippen molar-refractivity contribution in [3.8, 4) is 0 Å². The maximum Gasteiger partial charge on any atom is 0.354 e. The van der Waals surface area contributed by atoms with E-state index in [2.05, 4.69) is 15.2 Å². The van der Waals surface area contributed by atoms with Crippen molar-refractivity contribution in [3.63, 3.8) is 0 Å². The van der Waals surface area contributed by atoms with Gasteiger partial charge in [-0.15, -0.1) is 0 Å². The summed E-state index contributed by atoms with van der Waals surface area (Å²) in [5.74, 6) is -0.791. The molecule has 1 atom stereocenters. The van der Waals surface area contributed by atoms with E-state index in [-0.39, 0.29) is 17.6 Å². The average molecular weight is 275 g/mol. The van der Waals surface area contributed by atoms with Crippen LogP contribution in [0.25, 0.3) is 0 Å². The molecule has 106 valence electrons. The highest BCUT2D eigenvalue weighted by molar-refractivity contribution is 5.96. The fraction of sp³-hybridized carbons (Fsp3) is 0.500. The molecule has 0 saturated carbocycles. The standard InChI is InChI=1S/C14H17N3O3/c18-13(10-1-4-15-11(7-10)14(19)20)16-12-8-17-5-2-9(12)3-6-17/h1,4,7,9,12H,2-3,5-6,8H2,(H,16,18)(H,19,20). The van der Waals surface area contributed by atoms with Gasteiger partial charge in [-0.2, -0.15) is 0 Å². The number of aromatic nitrogens is 1. The van der Waals surface area contributed by atoms with Crippen LogP contribution >= 0.6 is 0 Å². The van der Waals surface area contributed by atoms with E-state index in [1.807, 2.05) is 0 Å². The Morgan fingerprint density at radius 3 is 2.70 bits per heavy atom. The minimum absolute atomic E-state index is 0.105. The molecule has 0 aliphatic carbocycles. The molecule has 2 bridgehead atoms. The third kappa shape index (κ3) is 2.51. The summed E-state index contributed by atoms with van der Waals surface area (Å²) in [5.41, 5.74) is 0.250. The van der Waals surface area contributed by atoms with Crippen LogP contribution in [0.1, 0.15) is 33.7 Å². The Morgan fingerprint density at radius 2 is 2.10 bits per heavy atom. The van der Waals surface area contributed by atoms with Gasteiger partial charge in [0.2, 0.25) is 0 Å². The predicted molar refractivity (Wildman–Crippen MR) is 71.6 cm³/mol. The van der Waals surface area contributed by atoms with Crippen molar-refractivity contribution in [2.24, 2.45) is 5.92 Å². The lowest BCUT2D eigenvalue weighted by molar-refractivity contribution is 0.0620. The Balaban J connectivity index is 1.70. The minimum Gasteiger partial charge on any atom is -0.477 e. The van der Waals surface area contributed by atoms with Gasteiger partial charge in [-0.1, -0.05) is 0 Å². The Bertz CT molecular complexity index is 538. The fourth-order valence-corrected chi connectivity index (χ4v) is 3.07. The number of piperidine rings is 3. The van der Waals surface area contributed by atoms with Gasteiger partial charge >= 0.3 is 5.97 Å². The molecule has 0 aromatic carbocycles. The number of carbonyl (C=O) groups excluding carboxylic acids is 1. The monoisotopic (exact) mass is 275 g/mol. The summed E-state index contributed by atoms with van der Waals surface area (Å²) in [5, 5.41) is 11.9. The lowest BCUT2D eigenvalue weighted by Gasteiger charge is -2.44. The number of nitrogens with zero attached hydrogens (tertiary/aromatic N) is 2. The van der Waals surface area contributed by atoms with E-state index < -0.39 is 5.97 Å². The molecule has 0 radical (unpaired) electrons. The van der Waals surface area contributed by atoms with Crippen LogP contribution in [0.5, 0.6) is 0 Å². The highest BCUT2D eigenvalue weighted by atomic mass is 16.4. The number of amides is 1. The molecule has 6 heteroatoms. The van der Waals surface area contributed by atoms with E-state index in [0.29, 0.717) is 11.5 Å². The molecule has 6 nitrogen and oxygen atoms in total. The second-order valence-electron chi connectivity index (χ2n) is 5.45. The Morgan fingerprint density at radius 1 is 1.35 bits per heavy atom. The molecule has 3 aliphatic rings. The van der Waals surface area contributed by atoms with Crippen LogP contribution in [-0.4, -0.2) is 52.5 Å². The SMILES string of the molecule is O=C(NC1CN2CCC1CC2)c1ccnc(C(=O)O)c1. The first-order valence-electron chi connectivity index (χ1n) is 6.86. The van der Waals surface area contributed by atoms with E-state index in [4.69, 9.17) is 5.11 Å². The molecule has 3 aliphatic heterocycles. The maximum atomic E-state index is 12.2. The molecule has 0 spiro atoms. The minimum atomic E-state index is -1.12. The molecule has 1 aromatic heterocycles. The van der Waals surface area contributed by atoms with Gasteiger partial charge in [0, 0.05) is 24.3 Å². The van der Waals surface area contributed by atoms with Gasteiger partial charge in [-0.05, 0) is 44.0 Å². The lowest BCUT2D eigenvalue weighted by Crippen LogP contribution is -2.57. The van der Waals surface area contributed by atoms with Gasteiger partial charge in [-0.25, -0.2) is 9.78 Å². The molecular formula is C14H17N3O3. The number of carboxylic acids is 1. The van der Waals surface area contributed by atoms with Gasteiger partial charge < -0.3 is 15.3 Å². The maximum absolute atomic E-state index is 12.2. The average Bonchev–Trinajstić information content (AvgIpc) is 2.48. The zero-order valence-electron chi connectivity index (χ0n) is 11.1. The van der Waals surface area contributed by atoms with Crippen LogP contribution in [0.4, 0.5) is 0 Å². The third-order valence-electron chi connectivity index (χ3n) is 4.21. The number of nitrogens with one attached hydrogen (secondary N) is 1. The highest BCUT2D eigenvalue weighted by Crippen LogP contribution is 2.27. The van der Waals surface area contributed by atoms with Crippen LogP contribution in [-0.2, 0) is 0 Å². The number of pyridine rings is 1. The van der Waals surface area contributed by atoms with Gasteiger partial charge in [0.05, 0.1) is 0 Å². The van der Waals surface area contributed by atoms with Crippen molar-refractivity contribution in [1.29, 1.82) is 0 Å². The van der Waals surface area contributed by atoms with E-state index in [0.717, 1.165) is 32.5 Å². The quantitative estimate of drug-likeness (QED) is 0.844. The Hall–Kier alpha value is -1.95. The third-order valence-corrected chi connectivity index (χ3v) is 4.21. The van der Waals surface area contributed by atoms with E-state index in [1.54, 1.807) is 6.07 Å². The van der Waals surface area contributed by atoms with Crippen LogP contribution in [0.3, 0.4) is 0 Å². The first-order valence-corrected chi connectivity index (χ1v) is 6.86. The molecular weight excluding hydrogens is 258 g/mol. The molecule has 3 saturated heterocycles. The van der Waals surface area contributed by atoms with Crippen LogP contribution < -0.4 is 5.32 Å². The number of rotatable bonds is 3. The van der Waals surface area contributed by atoms with Gasteiger partial charge in [0.25, 0.3) is 5.91 Å². The van der Waals surface area contributed by atoms with Crippen molar-refractivity contribution in [2.75, 3.05) is 19.6 Å². The second kappa shape index (κ2) is 5.20. The first-order chi connectivity index (χ1) is 9.63. The van der Waals surface area contributed by atoms with Crippen molar-refractivity contribution in [1.82, 2.24) is 15.2 Å². The normalized spacial score (nSPS) is 28.1.